The number of aromatic nitrogens is 2. The fourth-order valence-corrected chi connectivity index (χ4v) is 4.92. The van der Waals surface area contributed by atoms with Crippen molar-refractivity contribution in [1.29, 1.82) is 0 Å². The van der Waals surface area contributed by atoms with E-state index in [9.17, 15) is 31.1 Å². The monoisotopic (exact) mass is 525 g/mol. The molecule has 2 aliphatic heterocycles. The molecule has 188 valence electrons. The number of benzene rings is 2. The molecule has 0 atom stereocenters. The van der Waals surface area contributed by atoms with Gasteiger partial charge in [-0.1, -0.05) is 12.1 Å². The maximum atomic E-state index is 13.8. The fourth-order valence-electron chi connectivity index (χ4n) is 3.93. The predicted octanol–water partition coefficient (Wildman–Crippen LogP) is 4.75. The fraction of sp³-hybridized carbons (Fsp3) is 0.261. The Labute approximate surface area is 204 Å². The first kappa shape index (κ1) is 24.4. The molecule has 36 heavy (non-hydrogen) atoms. The molecule has 1 fully saturated rings. The van der Waals surface area contributed by atoms with Gasteiger partial charge >= 0.3 is 12.4 Å². The molecule has 2 aromatic carbocycles. The number of carbonyl (C=O) groups is 1. The summed E-state index contributed by atoms with van der Waals surface area (Å²) in [6.07, 6.45) is -8.88. The minimum Gasteiger partial charge on any atom is -0.359 e. The molecule has 0 unspecified atom stereocenters. The van der Waals surface area contributed by atoms with Crippen LogP contribution in [0.4, 0.5) is 26.3 Å². The first-order chi connectivity index (χ1) is 17.0. The molecule has 1 amide bonds. The van der Waals surface area contributed by atoms with Crippen molar-refractivity contribution in [3.05, 3.63) is 69.8 Å². The van der Waals surface area contributed by atoms with Gasteiger partial charge in [0.05, 0.1) is 33.8 Å². The van der Waals surface area contributed by atoms with Gasteiger partial charge in [-0.2, -0.15) is 36.4 Å². The number of hydrogen-bond acceptors (Lipinski definition) is 5. The quantitative estimate of drug-likeness (QED) is 0.339. The van der Waals surface area contributed by atoms with Crippen molar-refractivity contribution in [3.8, 4) is 0 Å². The van der Waals surface area contributed by atoms with Gasteiger partial charge in [0.2, 0.25) is 0 Å². The van der Waals surface area contributed by atoms with Gasteiger partial charge < -0.3 is 10.6 Å². The third kappa shape index (κ3) is 4.85. The smallest absolute Gasteiger partial charge is 0.359 e. The second kappa shape index (κ2) is 8.96. The van der Waals surface area contributed by atoms with Crippen LogP contribution in [-0.4, -0.2) is 40.4 Å². The number of hydrogen-bond donors (Lipinski definition) is 3. The zero-order chi connectivity index (χ0) is 25.7. The number of nitrogens with one attached hydrogen (secondary N) is 3. The van der Waals surface area contributed by atoms with Crippen LogP contribution in [0.2, 0.25) is 0 Å². The number of nitrogens with zero attached hydrogens (tertiary/aromatic N) is 2. The lowest BCUT2D eigenvalue weighted by atomic mass is 9.92. The molecule has 0 radical (unpaired) electrons. The van der Waals surface area contributed by atoms with E-state index in [2.05, 4.69) is 25.8 Å². The van der Waals surface area contributed by atoms with Crippen LogP contribution < -0.4 is 10.6 Å². The highest BCUT2D eigenvalue weighted by atomic mass is 32.2. The number of halogens is 6. The molecule has 3 heterocycles. The summed E-state index contributed by atoms with van der Waals surface area (Å²) in [5.41, 5.74) is -1.85. The Morgan fingerprint density at radius 1 is 1.06 bits per heavy atom. The second-order valence-corrected chi connectivity index (χ2v) is 9.35. The summed E-state index contributed by atoms with van der Waals surface area (Å²) in [5.74, 6) is -0.627. The molecule has 0 bridgehead atoms. The number of carbonyl (C=O) groups excluding carboxylic acids is 1. The highest BCUT2D eigenvalue weighted by molar-refractivity contribution is 8.18. The molecule has 0 saturated carbocycles. The number of amidine groups is 1. The Hall–Kier alpha value is -3.32. The number of alkyl halides is 6. The summed E-state index contributed by atoms with van der Waals surface area (Å²) in [4.78, 5) is 17.0. The first-order valence-corrected chi connectivity index (χ1v) is 11.5. The first-order valence-electron chi connectivity index (χ1n) is 10.7. The summed E-state index contributed by atoms with van der Waals surface area (Å²) in [7, 11) is 0. The van der Waals surface area contributed by atoms with Crippen molar-refractivity contribution in [2.45, 2.75) is 24.8 Å². The molecule has 3 aromatic rings. The van der Waals surface area contributed by atoms with Crippen molar-refractivity contribution in [1.82, 2.24) is 20.8 Å². The third-order valence-electron chi connectivity index (χ3n) is 5.88. The van der Waals surface area contributed by atoms with E-state index in [1.807, 2.05) is 0 Å². The van der Waals surface area contributed by atoms with Gasteiger partial charge in [0, 0.05) is 18.5 Å². The second-order valence-electron chi connectivity index (χ2n) is 8.35. The number of aliphatic imine (C=N–C) groups is 1. The highest BCUT2D eigenvalue weighted by Gasteiger charge is 2.39. The van der Waals surface area contributed by atoms with E-state index in [-0.39, 0.29) is 28.1 Å². The molecule has 1 aromatic heterocycles. The number of aromatic amines is 1. The average Bonchev–Trinajstić information content (AvgIpc) is 3.39. The normalized spacial score (nSPS) is 18.4. The zero-order valence-corrected chi connectivity index (χ0v) is 19.0. The van der Waals surface area contributed by atoms with E-state index >= 15 is 0 Å². The molecular weight excluding hydrogens is 508 g/mol. The van der Waals surface area contributed by atoms with Crippen molar-refractivity contribution < 1.29 is 31.1 Å². The SMILES string of the molecule is O=C1N=C(NC2CNC2)SC1=C(Cc1ccc(C(F)(F)F)cc1C(F)(F)F)c1ccc2[nH]ncc2c1. The van der Waals surface area contributed by atoms with Crippen molar-refractivity contribution in [2.24, 2.45) is 4.99 Å². The van der Waals surface area contributed by atoms with Gasteiger partial charge in [0.25, 0.3) is 5.91 Å². The topological polar surface area (TPSA) is 82.2 Å². The number of thioether (sulfide) groups is 1. The summed E-state index contributed by atoms with van der Waals surface area (Å²) < 4.78 is 81.0. The van der Waals surface area contributed by atoms with Crippen LogP contribution in [-0.2, 0) is 23.6 Å². The Bertz CT molecular complexity index is 1400. The Morgan fingerprint density at radius 3 is 2.50 bits per heavy atom. The molecular formula is C23H17F6N5OS. The van der Waals surface area contributed by atoms with Crippen LogP contribution >= 0.6 is 11.8 Å². The number of H-pyrrole nitrogens is 1. The summed E-state index contributed by atoms with van der Waals surface area (Å²) in [5, 5.41) is 13.9. The van der Waals surface area contributed by atoms with Crippen LogP contribution in [0, 0.1) is 0 Å². The van der Waals surface area contributed by atoms with E-state index < -0.39 is 35.8 Å². The number of fused-ring (bicyclic) bond motifs is 1. The minimum atomic E-state index is -5.03. The Kier molecular flexibility index (Phi) is 6.07. The molecule has 3 N–H and O–H groups in total. The molecule has 0 spiro atoms. The Morgan fingerprint density at radius 2 is 1.83 bits per heavy atom. The van der Waals surface area contributed by atoms with Gasteiger partial charge in [-0.15, -0.1) is 0 Å². The standard InChI is InChI=1S/C23H17F6N5OS/c24-22(25,26)14-3-1-12(17(7-14)23(27,28)29)6-16(11-2-4-18-13(5-11)8-31-34-18)19-20(35)33-21(36-19)32-15-9-30-10-15/h1-5,7-8,15,30H,6,9-10H2,(H,31,34)(H,32,33,35). The lowest BCUT2D eigenvalue weighted by molar-refractivity contribution is -0.143. The molecule has 2 aliphatic rings. The van der Waals surface area contributed by atoms with Gasteiger partial charge in [-0.3, -0.25) is 9.89 Å². The number of amides is 1. The minimum absolute atomic E-state index is 0.0703. The van der Waals surface area contributed by atoms with Crippen LogP contribution in [0.1, 0.15) is 22.3 Å². The Balaban J connectivity index is 1.59. The van der Waals surface area contributed by atoms with Gasteiger partial charge in [0.1, 0.15) is 0 Å². The lowest BCUT2D eigenvalue weighted by Crippen LogP contribution is -2.56. The number of rotatable bonds is 4. The van der Waals surface area contributed by atoms with E-state index in [1.165, 1.54) is 6.20 Å². The predicted molar refractivity (Wildman–Crippen MR) is 123 cm³/mol. The lowest BCUT2D eigenvalue weighted by Gasteiger charge is -2.28. The van der Waals surface area contributed by atoms with Gasteiger partial charge in [0.15, 0.2) is 5.17 Å². The van der Waals surface area contributed by atoms with E-state index in [0.29, 0.717) is 40.8 Å². The van der Waals surface area contributed by atoms with Gasteiger partial charge in [-0.25, -0.2) is 0 Å². The van der Waals surface area contributed by atoms with E-state index in [1.54, 1.807) is 18.2 Å². The van der Waals surface area contributed by atoms with Crippen LogP contribution in [0.3, 0.4) is 0 Å². The largest absolute Gasteiger partial charge is 0.416 e. The maximum absolute atomic E-state index is 13.8. The van der Waals surface area contributed by atoms with Crippen molar-refractivity contribution in [2.75, 3.05) is 13.1 Å². The average molecular weight is 525 g/mol. The van der Waals surface area contributed by atoms with Gasteiger partial charge in [-0.05, 0) is 59.1 Å². The van der Waals surface area contributed by atoms with E-state index in [4.69, 9.17) is 0 Å². The van der Waals surface area contributed by atoms with Crippen molar-refractivity contribution in [3.63, 3.8) is 0 Å². The summed E-state index contributed by atoms with van der Waals surface area (Å²) in [6.45, 7) is 1.36. The third-order valence-corrected chi connectivity index (χ3v) is 6.91. The van der Waals surface area contributed by atoms with E-state index in [0.717, 1.165) is 17.8 Å². The molecule has 5 rings (SSSR count). The summed E-state index contributed by atoms with van der Waals surface area (Å²) >= 11 is 1.00. The number of allylic oxidation sites excluding steroid dienone is 1. The summed E-state index contributed by atoms with van der Waals surface area (Å²) in [6, 6.07) is 6.55. The van der Waals surface area contributed by atoms with Crippen molar-refractivity contribution >= 4 is 39.3 Å². The molecule has 13 heteroatoms. The van der Waals surface area contributed by atoms with Crippen LogP contribution in [0.15, 0.2) is 52.5 Å². The maximum Gasteiger partial charge on any atom is 0.416 e. The zero-order valence-electron chi connectivity index (χ0n) is 18.2. The molecule has 6 nitrogen and oxygen atoms in total. The highest BCUT2D eigenvalue weighted by Crippen LogP contribution is 2.41. The molecule has 1 saturated heterocycles. The van der Waals surface area contributed by atoms with Crippen LogP contribution in [0.25, 0.3) is 16.5 Å². The van der Waals surface area contributed by atoms with Crippen LogP contribution in [0.5, 0.6) is 0 Å². The molecule has 0 aliphatic carbocycles.